The monoisotopic (exact) mass is 758 g/mol. The minimum atomic E-state index is -0.265. The molecule has 2 fully saturated rings. The number of aliphatic hydroxyl groups excluding tert-OH is 1. The number of hydrogen-bond donors (Lipinski definition) is 1. The zero-order chi connectivity index (χ0) is 39.2. The number of rotatable bonds is 17. The highest BCUT2D eigenvalue weighted by Gasteiger charge is 2.32. The van der Waals surface area contributed by atoms with Crippen molar-refractivity contribution in [3.8, 4) is 0 Å². The van der Waals surface area contributed by atoms with Gasteiger partial charge < -0.3 is 9.84 Å². The van der Waals surface area contributed by atoms with Crippen LogP contribution in [0.25, 0.3) is 0 Å². The number of aliphatic hydroxyl groups is 1. The van der Waals surface area contributed by atoms with Gasteiger partial charge in [0.1, 0.15) is 0 Å². The van der Waals surface area contributed by atoms with Crippen LogP contribution in [0.1, 0.15) is 130 Å². The van der Waals surface area contributed by atoms with Crippen molar-refractivity contribution in [2.75, 3.05) is 26.3 Å². The molecular formula is C42H63ClN2O8. The topological polar surface area (TPSA) is 138 Å². The highest BCUT2D eigenvalue weighted by Crippen LogP contribution is 2.32. The molecule has 0 saturated heterocycles. The number of nitrogens with zero attached hydrogens (tertiary/aromatic N) is 2. The van der Waals surface area contributed by atoms with Crippen LogP contribution >= 0.6 is 11.6 Å². The maximum absolute atomic E-state index is 12.2. The number of amides is 4. The lowest BCUT2D eigenvalue weighted by Gasteiger charge is -2.29. The first-order valence-corrected chi connectivity index (χ1v) is 20.1. The number of allylic oxidation sites excluding steroid dienone is 4. The van der Waals surface area contributed by atoms with Crippen LogP contribution in [0.4, 0.5) is 0 Å². The third-order valence-electron chi connectivity index (χ3n) is 10.6. The van der Waals surface area contributed by atoms with Crippen molar-refractivity contribution < 1.29 is 38.6 Å². The summed E-state index contributed by atoms with van der Waals surface area (Å²) in [6.45, 7) is 10.4. The average molecular weight is 759 g/mol. The quantitative estimate of drug-likeness (QED) is 0.0522. The van der Waals surface area contributed by atoms with E-state index in [1.807, 2.05) is 0 Å². The first kappa shape index (κ1) is 45.8. The number of ether oxygens (including phenoxy) is 1. The summed E-state index contributed by atoms with van der Waals surface area (Å²) in [5.74, 6) is -0.473. The highest BCUT2D eigenvalue weighted by atomic mass is 35.5. The van der Waals surface area contributed by atoms with E-state index in [1.165, 1.54) is 45.3 Å². The van der Waals surface area contributed by atoms with E-state index in [9.17, 15) is 28.8 Å². The molecule has 0 bridgehead atoms. The summed E-state index contributed by atoms with van der Waals surface area (Å²) in [6, 6.07) is 0. The van der Waals surface area contributed by atoms with Gasteiger partial charge in [0.15, 0.2) is 0 Å². The smallest absolute Gasteiger partial charge is 0.308 e. The van der Waals surface area contributed by atoms with E-state index < -0.39 is 0 Å². The van der Waals surface area contributed by atoms with Crippen LogP contribution in [0.2, 0.25) is 0 Å². The molecule has 0 aromatic rings. The molecule has 2 aliphatic carbocycles. The third kappa shape index (κ3) is 17.5. The molecule has 2 saturated carbocycles. The number of unbranched alkanes of at least 4 members (excludes halogenated alkanes) is 4. The highest BCUT2D eigenvalue weighted by molar-refractivity contribution is 6.63. The van der Waals surface area contributed by atoms with Gasteiger partial charge in [0.2, 0.25) is 5.24 Å². The van der Waals surface area contributed by atoms with Crippen LogP contribution in [0.15, 0.2) is 47.6 Å². The van der Waals surface area contributed by atoms with Crippen molar-refractivity contribution in [3.63, 3.8) is 0 Å². The van der Waals surface area contributed by atoms with Crippen molar-refractivity contribution in [3.05, 3.63) is 47.6 Å². The summed E-state index contributed by atoms with van der Waals surface area (Å²) in [5.41, 5.74) is 2.87. The largest absolute Gasteiger partial charge is 0.465 e. The van der Waals surface area contributed by atoms with Crippen LogP contribution < -0.4 is 0 Å². The van der Waals surface area contributed by atoms with Gasteiger partial charge in [0, 0.05) is 49.9 Å². The molecule has 0 spiro atoms. The standard InChI is InChI=1S/C21H31NO4.C12H14ClNO3.C9H18O/c1-3-16(2)7-5-4-6-14-26-21(25)18-10-8-17(9-11-18)15-22-19(23)12-13-20(22)24;13-12(17)9-3-1-8(2-4-9)7-14-10(15)5-6-11(14)16;1-3-9(2)7-5-4-6-8-10/h7,12-13,17-18H,3-6,8-11,14-15H2,1-2H3;5-6,8-9H,1-4,7H2;7,10H,3-6,8H2,1-2H3/b16-7-;;9-7-. The lowest BCUT2D eigenvalue weighted by Crippen LogP contribution is -2.36. The predicted molar refractivity (Wildman–Crippen MR) is 207 cm³/mol. The molecule has 53 heavy (non-hydrogen) atoms. The molecule has 4 rings (SSSR count). The van der Waals surface area contributed by atoms with Crippen molar-refractivity contribution >= 4 is 46.4 Å². The van der Waals surface area contributed by atoms with E-state index in [-0.39, 0.29) is 46.7 Å². The number of hydrogen-bond acceptors (Lipinski definition) is 8. The maximum Gasteiger partial charge on any atom is 0.308 e. The minimum Gasteiger partial charge on any atom is -0.465 e. The number of esters is 1. The summed E-state index contributed by atoms with van der Waals surface area (Å²) in [4.78, 5) is 71.7. The summed E-state index contributed by atoms with van der Waals surface area (Å²) in [5, 5.41) is 8.20. The predicted octanol–water partition coefficient (Wildman–Crippen LogP) is 7.78. The Labute approximate surface area is 322 Å². The van der Waals surface area contributed by atoms with E-state index in [1.54, 1.807) is 0 Å². The Morgan fingerprint density at radius 3 is 1.45 bits per heavy atom. The van der Waals surface area contributed by atoms with Gasteiger partial charge >= 0.3 is 5.97 Å². The molecule has 0 radical (unpaired) electrons. The third-order valence-corrected chi connectivity index (χ3v) is 10.9. The molecule has 11 heteroatoms. The first-order chi connectivity index (χ1) is 25.4. The van der Waals surface area contributed by atoms with Gasteiger partial charge in [-0.05, 0) is 140 Å². The molecule has 296 valence electrons. The molecule has 2 aliphatic heterocycles. The van der Waals surface area contributed by atoms with Gasteiger partial charge in [0.05, 0.1) is 12.5 Å². The summed E-state index contributed by atoms with van der Waals surface area (Å²) >= 11 is 5.45. The second-order valence-corrected chi connectivity index (χ2v) is 15.0. The van der Waals surface area contributed by atoms with Gasteiger partial charge in [-0.15, -0.1) is 0 Å². The Kier molecular flexibility index (Phi) is 22.1. The molecule has 10 nitrogen and oxygen atoms in total. The molecular weight excluding hydrogens is 696 g/mol. The summed E-state index contributed by atoms with van der Waals surface area (Å²) in [7, 11) is 0. The van der Waals surface area contributed by atoms with Gasteiger partial charge in [-0.25, -0.2) is 0 Å². The molecule has 0 aromatic carbocycles. The summed E-state index contributed by atoms with van der Waals surface area (Å²) < 4.78 is 5.43. The molecule has 0 atom stereocenters. The van der Waals surface area contributed by atoms with E-state index in [2.05, 4.69) is 39.8 Å². The lowest BCUT2D eigenvalue weighted by molar-refractivity contribution is -0.150. The van der Waals surface area contributed by atoms with Crippen LogP contribution in [-0.4, -0.2) is 76.1 Å². The van der Waals surface area contributed by atoms with Gasteiger partial charge in [-0.2, -0.15) is 0 Å². The fourth-order valence-corrected chi connectivity index (χ4v) is 6.89. The number of carbonyl (C=O) groups excluding carboxylic acids is 6. The molecule has 4 aliphatic rings. The number of halogens is 1. The van der Waals surface area contributed by atoms with Crippen LogP contribution in [0.5, 0.6) is 0 Å². The molecule has 1 N–H and O–H groups in total. The minimum absolute atomic E-state index is 0.0309. The van der Waals surface area contributed by atoms with E-state index in [0.717, 1.165) is 103 Å². The van der Waals surface area contributed by atoms with Crippen molar-refractivity contribution in [2.24, 2.45) is 23.7 Å². The zero-order valence-electron chi connectivity index (χ0n) is 32.5. The Morgan fingerprint density at radius 2 is 1.08 bits per heavy atom. The Hall–Kier alpha value is -3.37. The first-order valence-electron chi connectivity index (χ1n) is 19.7. The van der Waals surface area contributed by atoms with Crippen molar-refractivity contribution in [1.82, 2.24) is 9.80 Å². The molecule has 2 heterocycles. The fraction of sp³-hybridized carbons (Fsp3) is 0.667. The Bertz CT molecular complexity index is 1300. The second kappa shape index (κ2) is 25.6. The average Bonchev–Trinajstić information content (AvgIpc) is 3.65. The number of carbonyl (C=O) groups is 6. The maximum atomic E-state index is 12.2. The van der Waals surface area contributed by atoms with Gasteiger partial charge in [0.25, 0.3) is 23.6 Å². The van der Waals surface area contributed by atoms with Crippen molar-refractivity contribution in [2.45, 2.75) is 130 Å². The number of imide groups is 2. The zero-order valence-corrected chi connectivity index (χ0v) is 33.2. The normalized spacial score (nSPS) is 23.1. The lowest BCUT2D eigenvalue weighted by atomic mass is 9.82. The SMILES string of the molecule is CC/C(C)=C\CCCCO.CC/C(C)=C\CCCCOC(=O)C1CCC(CN2C(=O)C=CC2=O)CC1.O=C(Cl)C1CCC(CN2C(=O)C=CC2=O)CC1. The van der Waals surface area contributed by atoms with Gasteiger partial charge in [-0.3, -0.25) is 38.6 Å². The fourth-order valence-electron chi connectivity index (χ4n) is 6.67. The molecule has 0 aromatic heterocycles. The van der Waals surface area contributed by atoms with E-state index in [4.69, 9.17) is 21.4 Å². The van der Waals surface area contributed by atoms with Crippen molar-refractivity contribution in [1.29, 1.82) is 0 Å². The van der Waals surface area contributed by atoms with E-state index >= 15 is 0 Å². The molecule has 0 unspecified atom stereocenters. The Balaban J connectivity index is 0.000000308. The van der Waals surface area contributed by atoms with E-state index in [0.29, 0.717) is 38.1 Å². The van der Waals surface area contributed by atoms with Gasteiger partial charge in [-0.1, -0.05) is 37.1 Å². The Morgan fingerprint density at radius 1 is 0.679 bits per heavy atom. The summed E-state index contributed by atoms with van der Waals surface area (Å²) in [6.07, 6.45) is 24.7. The van der Waals surface area contributed by atoms with Crippen LogP contribution in [0.3, 0.4) is 0 Å². The molecule has 4 amide bonds. The van der Waals surface area contributed by atoms with Crippen LogP contribution in [0, 0.1) is 23.7 Å². The van der Waals surface area contributed by atoms with Crippen LogP contribution in [-0.2, 0) is 33.5 Å². The second-order valence-electron chi connectivity index (χ2n) is 14.7.